The topological polar surface area (TPSA) is 55.4 Å². The fraction of sp³-hybridized carbons (Fsp3) is 0.714. The van der Waals surface area contributed by atoms with Crippen LogP contribution in [0, 0.1) is 11.3 Å². The van der Waals surface area contributed by atoms with Gasteiger partial charge in [0.15, 0.2) is 0 Å². The van der Waals surface area contributed by atoms with E-state index in [1.165, 1.54) is 24.2 Å². The molecule has 1 atom stereocenters. The molecule has 0 saturated heterocycles. The minimum absolute atomic E-state index is 0.0133. The lowest BCUT2D eigenvalue weighted by atomic mass is 9.85. The number of nitrogens with one attached hydrogen (secondary N) is 1. The Bertz CT molecular complexity index is 624. The summed E-state index contributed by atoms with van der Waals surface area (Å²) in [5.41, 5.74) is 0.701. The number of hydrogen-bond acceptors (Lipinski definition) is 4. The number of ether oxygens (including phenoxy) is 1. The second-order valence-electron chi connectivity index (χ2n) is 8.68. The molecule has 1 saturated carbocycles. The summed E-state index contributed by atoms with van der Waals surface area (Å²) >= 11 is 1.52. The minimum Gasteiger partial charge on any atom is -0.462 e. The van der Waals surface area contributed by atoms with Gasteiger partial charge in [0.05, 0.1) is 12.2 Å². The zero-order chi connectivity index (χ0) is 19.3. The minimum atomic E-state index is -0.353. The van der Waals surface area contributed by atoms with E-state index in [9.17, 15) is 9.59 Å². The van der Waals surface area contributed by atoms with Crippen molar-refractivity contribution in [2.75, 3.05) is 11.9 Å². The SMILES string of the molecule is CCOC(=O)c1cc(C(C)CC(C)(C)C)sc1NC(=O)CC1CCCC1. The molecule has 1 aliphatic carbocycles. The Morgan fingerprint density at radius 3 is 2.54 bits per heavy atom. The summed E-state index contributed by atoms with van der Waals surface area (Å²) in [4.78, 5) is 25.9. The summed E-state index contributed by atoms with van der Waals surface area (Å²) in [5.74, 6) is 0.474. The van der Waals surface area contributed by atoms with E-state index in [-0.39, 0.29) is 17.3 Å². The van der Waals surface area contributed by atoms with Gasteiger partial charge in [-0.25, -0.2) is 4.79 Å². The number of hydrogen-bond donors (Lipinski definition) is 1. The molecule has 1 heterocycles. The largest absolute Gasteiger partial charge is 0.462 e. The number of anilines is 1. The highest BCUT2D eigenvalue weighted by molar-refractivity contribution is 7.16. The highest BCUT2D eigenvalue weighted by atomic mass is 32.1. The van der Waals surface area contributed by atoms with Crippen LogP contribution >= 0.6 is 11.3 Å². The quantitative estimate of drug-likeness (QED) is 0.593. The lowest BCUT2D eigenvalue weighted by Crippen LogP contribution is -2.16. The second kappa shape index (κ2) is 9.03. The fourth-order valence-electron chi connectivity index (χ4n) is 3.78. The number of rotatable bonds is 7. The molecule has 1 aliphatic rings. The average Bonchev–Trinajstić information content (AvgIpc) is 3.15. The van der Waals surface area contributed by atoms with E-state index in [0.29, 0.717) is 35.4 Å². The van der Waals surface area contributed by atoms with Crippen LogP contribution in [0.25, 0.3) is 0 Å². The van der Waals surface area contributed by atoms with E-state index >= 15 is 0 Å². The molecule has 0 radical (unpaired) electrons. The van der Waals surface area contributed by atoms with Gasteiger partial charge >= 0.3 is 5.97 Å². The van der Waals surface area contributed by atoms with Crippen LogP contribution in [0.2, 0.25) is 0 Å². The maximum atomic E-state index is 12.5. The van der Waals surface area contributed by atoms with Gasteiger partial charge in [0, 0.05) is 11.3 Å². The molecule has 1 fully saturated rings. The van der Waals surface area contributed by atoms with Gasteiger partial charge < -0.3 is 10.1 Å². The number of esters is 1. The predicted octanol–water partition coefficient (Wildman–Crippen LogP) is 5.98. The third kappa shape index (κ3) is 6.11. The number of thiophene rings is 1. The summed E-state index contributed by atoms with van der Waals surface area (Å²) in [6.45, 7) is 11.0. The molecule has 0 bridgehead atoms. The van der Waals surface area contributed by atoms with Gasteiger partial charge in [0.1, 0.15) is 5.00 Å². The smallest absolute Gasteiger partial charge is 0.341 e. The standard InChI is InChI=1S/C21H33NO3S/c1-6-25-20(24)16-12-17(14(2)13-21(3,4)5)26-19(16)22-18(23)11-15-9-7-8-10-15/h12,14-15H,6-11,13H2,1-5H3,(H,22,23). The van der Waals surface area contributed by atoms with Crippen molar-refractivity contribution >= 4 is 28.2 Å². The van der Waals surface area contributed by atoms with E-state index in [1.807, 2.05) is 6.07 Å². The van der Waals surface area contributed by atoms with Gasteiger partial charge in [-0.1, -0.05) is 40.5 Å². The molecule has 1 N–H and O–H groups in total. The number of carbonyl (C=O) groups is 2. The molecule has 1 aromatic rings. The summed E-state index contributed by atoms with van der Waals surface area (Å²) in [7, 11) is 0. The van der Waals surface area contributed by atoms with Crippen LogP contribution in [0.4, 0.5) is 5.00 Å². The summed E-state index contributed by atoms with van der Waals surface area (Å²) in [5, 5.41) is 3.63. The first-order valence-corrected chi connectivity index (χ1v) is 10.6. The van der Waals surface area contributed by atoms with Crippen molar-refractivity contribution in [2.45, 2.75) is 79.1 Å². The summed E-state index contributed by atoms with van der Waals surface area (Å²) in [6, 6.07) is 1.91. The molecular weight excluding hydrogens is 346 g/mol. The van der Waals surface area contributed by atoms with Gasteiger partial charge in [-0.3, -0.25) is 4.79 Å². The molecule has 1 amide bonds. The first kappa shape index (κ1) is 20.9. The van der Waals surface area contributed by atoms with Crippen LogP contribution in [0.3, 0.4) is 0 Å². The van der Waals surface area contributed by atoms with E-state index in [1.54, 1.807) is 6.92 Å². The van der Waals surface area contributed by atoms with Gasteiger partial charge in [-0.05, 0) is 49.5 Å². The van der Waals surface area contributed by atoms with Crippen molar-refractivity contribution in [2.24, 2.45) is 11.3 Å². The second-order valence-corrected chi connectivity index (χ2v) is 9.76. The van der Waals surface area contributed by atoms with Crippen molar-refractivity contribution in [1.82, 2.24) is 0 Å². The molecule has 2 rings (SSSR count). The Labute approximate surface area is 161 Å². The first-order chi connectivity index (χ1) is 12.2. The molecule has 1 unspecified atom stereocenters. The zero-order valence-corrected chi connectivity index (χ0v) is 17.6. The Balaban J connectivity index is 2.15. The third-order valence-corrected chi connectivity index (χ3v) is 6.13. The van der Waals surface area contributed by atoms with Crippen LogP contribution < -0.4 is 5.32 Å². The Morgan fingerprint density at radius 2 is 1.96 bits per heavy atom. The molecule has 146 valence electrons. The molecule has 4 nitrogen and oxygen atoms in total. The predicted molar refractivity (Wildman–Crippen MR) is 108 cm³/mol. The van der Waals surface area contributed by atoms with E-state index < -0.39 is 0 Å². The fourth-order valence-corrected chi connectivity index (χ4v) is 4.89. The molecule has 0 spiro atoms. The maximum Gasteiger partial charge on any atom is 0.341 e. The number of amides is 1. The van der Waals surface area contributed by atoms with Crippen LogP contribution in [-0.2, 0) is 9.53 Å². The van der Waals surface area contributed by atoms with Crippen LogP contribution in [0.5, 0.6) is 0 Å². The van der Waals surface area contributed by atoms with E-state index in [0.717, 1.165) is 24.1 Å². The Kier molecular flexibility index (Phi) is 7.27. The van der Waals surface area contributed by atoms with Crippen molar-refractivity contribution in [3.05, 3.63) is 16.5 Å². The maximum absolute atomic E-state index is 12.5. The van der Waals surface area contributed by atoms with Gasteiger partial charge in [0.25, 0.3) is 0 Å². The normalized spacial score (nSPS) is 16.5. The van der Waals surface area contributed by atoms with Gasteiger partial charge in [-0.2, -0.15) is 0 Å². The number of carbonyl (C=O) groups excluding carboxylic acids is 2. The molecule has 26 heavy (non-hydrogen) atoms. The highest BCUT2D eigenvalue weighted by Crippen LogP contribution is 2.39. The molecule has 0 aliphatic heterocycles. The Morgan fingerprint density at radius 1 is 1.31 bits per heavy atom. The van der Waals surface area contributed by atoms with Crippen molar-refractivity contribution in [1.29, 1.82) is 0 Å². The molecule has 0 aromatic carbocycles. The lowest BCUT2D eigenvalue weighted by molar-refractivity contribution is -0.117. The first-order valence-electron chi connectivity index (χ1n) is 9.80. The van der Waals surface area contributed by atoms with Crippen LogP contribution in [-0.4, -0.2) is 18.5 Å². The van der Waals surface area contributed by atoms with Crippen molar-refractivity contribution in [3.63, 3.8) is 0 Å². The van der Waals surface area contributed by atoms with E-state index in [4.69, 9.17) is 4.74 Å². The van der Waals surface area contributed by atoms with Crippen LogP contribution in [0.15, 0.2) is 6.07 Å². The zero-order valence-electron chi connectivity index (χ0n) is 16.8. The van der Waals surface area contributed by atoms with Crippen molar-refractivity contribution in [3.8, 4) is 0 Å². The summed E-state index contributed by atoms with van der Waals surface area (Å²) in [6.07, 6.45) is 6.28. The van der Waals surface area contributed by atoms with Crippen molar-refractivity contribution < 1.29 is 14.3 Å². The monoisotopic (exact) mass is 379 g/mol. The average molecular weight is 380 g/mol. The summed E-state index contributed by atoms with van der Waals surface area (Å²) < 4.78 is 5.19. The third-order valence-electron chi connectivity index (χ3n) is 4.85. The lowest BCUT2D eigenvalue weighted by Gasteiger charge is -2.22. The van der Waals surface area contributed by atoms with Gasteiger partial charge in [-0.15, -0.1) is 11.3 Å². The van der Waals surface area contributed by atoms with Gasteiger partial charge in [0.2, 0.25) is 5.91 Å². The molecular formula is C21H33NO3S. The molecule has 5 heteroatoms. The van der Waals surface area contributed by atoms with E-state index in [2.05, 4.69) is 33.0 Å². The Hall–Kier alpha value is -1.36. The van der Waals surface area contributed by atoms with Crippen LogP contribution in [0.1, 0.15) is 94.3 Å². The highest BCUT2D eigenvalue weighted by Gasteiger charge is 2.25. The molecule has 1 aromatic heterocycles.